The molecule has 36 heavy (non-hydrogen) atoms. The fraction of sp³-hybridized carbons (Fsp3) is 0.500. The molecule has 2 saturated carbocycles. The van der Waals surface area contributed by atoms with Gasteiger partial charge in [0, 0.05) is 35.7 Å². The fourth-order valence-electron chi connectivity index (χ4n) is 8.69. The molecular weight excluding hydrogens is 452 g/mol. The van der Waals surface area contributed by atoms with Crippen LogP contribution >= 0.6 is 0 Å². The highest BCUT2D eigenvalue weighted by Gasteiger charge is 2.78. The van der Waals surface area contributed by atoms with E-state index < -0.39 is 17.1 Å². The van der Waals surface area contributed by atoms with Crippen LogP contribution in [-0.2, 0) is 23.2 Å². The summed E-state index contributed by atoms with van der Waals surface area (Å²) in [7, 11) is 0. The lowest BCUT2D eigenvalue weighted by molar-refractivity contribution is -0.186. The number of nitrogens with zero attached hydrogens (tertiary/aromatic N) is 1. The molecule has 4 bridgehead atoms. The normalized spacial score (nSPS) is 37.2. The predicted octanol–water partition coefficient (Wildman–Crippen LogP) is 3.20. The summed E-state index contributed by atoms with van der Waals surface area (Å²) in [4.78, 5) is 16.4. The topological polar surface area (TPSA) is 82.0 Å². The first-order chi connectivity index (χ1) is 17.5. The summed E-state index contributed by atoms with van der Waals surface area (Å²) >= 11 is 0. The molecular formula is C30H32N2O4. The molecule has 5 aliphatic carbocycles. The van der Waals surface area contributed by atoms with Gasteiger partial charge >= 0.3 is 0 Å². The summed E-state index contributed by atoms with van der Waals surface area (Å²) < 4.78 is 6.57. The smallest absolute Gasteiger partial charge is 0.250 e. The van der Waals surface area contributed by atoms with Gasteiger partial charge in [-0.2, -0.15) is 0 Å². The number of rotatable bonds is 5. The molecule has 0 radical (unpaired) electrons. The Kier molecular flexibility index (Phi) is 4.09. The molecule has 2 aromatic carbocycles. The standard InChI is InChI=1S/C30H32N2O4/c33-22-9-8-20-14-23-28-10-11-30(35,21(15-28)26(34)31-16-18-4-2-1-3-5-18)27-29(28,24(20)25(22)36-27)12-13-32(23)17-19-6-7-19/h1-5,8-9,15,19,23,27,33,35H,6-7,10-14,16-17H2,(H,31,34)/t23-,27-,28-,29+,30-/m1/s1. The number of phenolic OH excluding ortho intramolecular Hbond substituents is 1. The number of hydrogen-bond donors (Lipinski definition) is 3. The fourth-order valence-corrected chi connectivity index (χ4v) is 8.69. The summed E-state index contributed by atoms with van der Waals surface area (Å²) in [6.07, 6.45) is 7.33. The number of phenols is 1. The zero-order valence-electron chi connectivity index (χ0n) is 20.4. The van der Waals surface area contributed by atoms with E-state index in [2.05, 4.69) is 22.4 Å². The van der Waals surface area contributed by atoms with Gasteiger partial charge < -0.3 is 20.3 Å². The highest BCUT2D eigenvalue weighted by molar-refractivity contribution is 5.97. The first-order valence-corrected chi connectivity index (χ1v) is 13.5. The van der Waals surface area contributed by atoms with Gasteiger partial charge in [-0.15, -0.1) is 0 Å². The lowest BCUT2D eigenvalue weighted by Gasteiger charge is -2.70. The molecule has 1 saturated heterocycles. The molecule has 0 aromatic heterocycles. The van der Waals surface area contributed by atoms with Crippen molar-refractivity contribution in [3.8, 4) is 11.5 Å². The van der Waals surface area contributed by atoms with E-state index in [-0.39, 0.29) is 23.1 Å². The van der Waals surface area contributed by atoms with Crippen LogP contribution in [0.1, 0.15) is 48.8 Å². The van der Waals surface area contributed by atoms with Crippen LogP contribution in [0.5, 0.6) is 11.5 Å². The van der Waals surface area contributed by atoms with Crippen molar-refractivity contribution in [1.29, 1.82) is 0 Å². The molecule has 6 heteroatoms. The van der Waals surface area contributed by atoms with E-state index in [1.54, 1.807) is 6.07 Å². The molecule has 2 spiro atoms. The van der Waals surface area contributed by atoms with E-state index in [0.717, 1.165) is 49.4 Å². The van der Waals surface area contributed by atoms with E-state index in [1.165, 1.54) is 18.4 Å². The van der Waals surface area contributed by atoms with Crippen LogP contribution in [0.4, 0.5) is 0 Å². The number of piperidine rings is 1. The highest BCUT2D eigenvalue weighted by Crippen LogP contribution is 2.74. The van der Waals surface area contributed by atoms with Crippen molar-refractivity contribution in [2.24, 2.45) is 11.3 Å². The van der Waals surface area contributed by atoms with E-state index >= 15 is 0 Å². The molecule has 7 aliphatic rings. The Labute approximate surface area is 211 Å². The van der Waals surface area contributed by atoms with Gasteiger partial charge in [-0.05, 0) is 68.2 Å². The molecule has 0 unspecified atom stereocenters. The van der Waals surface area contributed by atoms with Crippen LogP contribution in [0, 0.1) is 11.3 Å². The number of benzene rings is 2. The Hall–Kier alpha value is -2.83. The molecule has 2 aromatic rings. The second-order valence-electron chi connectivity index (χ2n) is 12.0. The first kappa shape index (κ1) is 21.3. The summed E-state index contributed by atoms with van der Waals surface area (Å²) in [5.74, 6) is 1.25. The van der Waals surface area contributed by atoms with Gasteiger partial charge in [0.15, 0.2) is 11.5 Å². The van der Waals surface area contributed by atoms with E-state index in [1.807, 2.05) is 30.3 Å². The van der Waals surface area contributed by atoms with Gasteiger partial charge in [0.2, 0.25) is 5.91 Å². The average Bonchev–Trinajstić information content (AvgIpc) is 3.63. The summed E-state index contributed by atoms with van der Waals surface area (Å²) in [5, 5.41) is 26.2. The Bertz CT molecular complexity index is 1320. The van der Waals surface area contributed by atoms with Crippen LogP contribution < -0.4 is 10.1 Å². The Morgan fingerprint density at radius 3 is 2.75 bits per heavy atom. The molecule has 2 heterocycles. The quantitative estimate of drug-likeness (QED) is 0.607. The van der Waals surface area contributed by atoms with Crippen LogP contribution in [0.15, 0.2) is 54.1 Å². The Morgan fingerprint density at radius 1 is 1.11 bits per heavy atom. The number of nitrogens with one attached hydrogen (secondary N) is 1. The minimum absolute atomic E-state index is 0.143. The van der Waals surface area contributed by atoms with Crippen molar-refractivity contribution in [1.82, 2.24) is 10.2 Å². The number of aromatic hydroxyl groups is 1. The number of amides is 1. The molecule has 1 amide bonds. The molecule has 3 N–H and O–H groups in total. The van der Waals surface area contributed by atoms with Crippen LogP contribution in [-0.4, -0.2) is 51.9 Å². The lowest BCUT2D eigenvalue weighted by Crippen LogP contribution is -2.78. The zero-order valence-corrected chi connectivity index (χ0v) is 20.4. The van der Waals surface area contributed by atoms with Gasteiger partial charge in [-0.3, -0.25) is 9.69 Å². The first-order valence-electron chi connectivity index (χ1n) is 13.5. The monoisotopic (exact) mass is 484 g/mol. The third-order valence-electron chi connectivity index (χ3n) is 10.4. The predicted molar refractivity (Wildman–Crippen MR) is 134 cm³/mol. The minimum atomic E-state index is -1.38. The molecule has 2 aliphatic heterocycles. The third kappa shape index (κ3) is 2.47. The summed E-state index contributed by atoms with van der Waals surface area (Å²) in [6, 6.07) is 13.9. The van der Waals surface area contributed by atoms with Crippen molar-refractivity contribution < 1.29 is 19.7 Å². The van der Waals surface area contributed by atoms with Gasteiger partial charge in [0.05, 0.1) is 5.41 Å². The van der Waals surface area contributed by atoms with Crippen molar-refractivity contribution in [3.05, 3.63) is 70.8 Å². The number of hydrogen-bond acceptors (Lipinski definition) is 5. The number of carbonyl (C=O) groups is 1. The van der Waals surface area contributed by atoms with Crippen LogP contribution in [0.2, 0.25) is 0 Å². The second-order valence-corrected chi connectivity index (χ2v) is 12.0. The number of aliphatic hydroxyl groups is 1. The largest absolute Gasteiger partial charge is 0.504 e. The molecule has 3 fully saturated rings. The summed E-state index contributed by atoms with van der Waals surface area (Å²) in [5.41, 5.74) is 1.74. The maximum Gasteiger partial charge on any atom is 0.250 e. The van der Waals surface area contributed by atoms with E-state index in [4.69, 9.17) is 4.74 Å². The SMILES string of the molecule is O=C(NCc1ccccc1)C1=C[C@@]23CC[C@]1(O)[C@@H]1Oc4c(O)ccc5c4[C@@]12CCN(CC1CC1)[C@@H]3C5. The van der Waals surface area contributed by atoms with Crippen molar-refractivity contribution in [3.63, 3.8) is 0 Å². The van der Waals surface area contributed by atoms with Gasteiger partial charge in [-0.25, -0.2) is 0 Å². The lowest BCUT2D eigenvalue weighted by atomic mass is 9.38. The number of ether oxygens (including phenoxy) is 1. The van der Waals surface area contributed by atoms with Crippen LogP contribution in [0.3, 0.4) is 0 Å². The van der Waals surface area contributed by atoms with E-state index in [0.29, 0.717) is 24.3 Å². The molecule has 9 rings (SSSR count). The maximum absolute atomic E-state index is 13.7. The highest BCUT2D eigenvalue weighted by atomic mass is 16.5. The van der Waals surface area contributed by atoms with E-state index in [9.17, 15) is 15.0 Å². The summed E-state index contributed by atoms with van der Waals surface area (Å²) in [6.45, 7) is 2.50. The van der Waals surface area contributed by atoms with Gasteiger partial charge in [0.1, 0.15) is 11.7 Å². The third-order valence-corrected chi connectivity index (χ3v) is 10.4. The Morgan fingerprint density at radius 2 is 1.94 bits per heavy atom. The van der Waals surface area contributed by atoms with Gasteiger partial charge in [-0.1, -0.05) is 42.5 Å². The number of carbonyl (C=O) groups excluding carboxylic acids is 1. The van der Waals surface area contributed by atoms with Crippen molar-refractivity contribution in [2.45, 2.75) is 68.2 Å². The minimum Gasteiger partial charge on any atom is -0.504 e. The second kappa shape index (κ2) is 6.93. The van der Waals surface area contributed by atoms with Gasteiger partial charge in [0.25, 0.3) is 0 Å². The zero-order chi connectivity index (χ0) is 24.3. The van der Waals surface area contributed by atoms with Crippen molar-refractivity contribution in [2.75, 3.05) is 13.1 Å². The van der Waals surface area contributed by atoms with Crippen LogP contribution in [0.25, 0.3) is 0 Å². The Balaban J connectivity index is 1.27. The number of fused-ring (bicyclic) bond motifs is 1. The maximum atomic E-state index is 13.7. The number of likely N-dealkylation sites (tertiary alicyclic amines) is 1. The molecule has 186 valence electrons. The molecule has 5 atom stereocenters. The van der Waals surface area contributed by atoms with Crippen molar-refractivity contribution >= 4 is 5.91 Å². The molecule has 6 nitrogen and oxygen atoms in total. The average molecular weight is 485 g/mol.